The summed E-state index contributed by atoms with van der Waals surface area (Å²) in [5.41, 5.74) is 2.44. The lowest BCUT2D eigenvalue weighted by Gasteiger charge is -2.30. The fourth-order valence-corrected chi connectivity index (χ4v) is 4.55. The molecule has 2 aliphatic rings. The van der Waals surface area contributed by atoms with E-state index in [2.05, 4.69) is 12.1 Å². The smallest absolute Gasteiger partial charge is 0.230 e. The molecule has 1 aliphatic carbocycles. The van der Waals surface area contributed by atoms with Gasteiger partial charge in [0.1, 0.15) is 0 Å². The van der Waals surface area contributed by atoms with Crippen molar-refractivity contribution in [3.05, 3.63) is 35.4 Å². The van der Waals surface area contributed by atoms with Crippen LogP contribution in [0.5, 0.6) is 0 Å². The maximum atomic E-state index is 13.0. The molecule has 6 heteroatoms. The third-order valence-corrected chi connectivity index (χ3v) is 6.21. The molecule has 0 N–H and O–H groups in total. The Morgan fingerprint density at radius 1 is 1.09 bits per heavy atom. The van der Waals surface area contributed by atoms with Crippen LogP contribution in [0.1, 0.15) is 36.3 Å². The zero-order chi connectivity index (χ0) is 16.4. The van der Waals surface area contributed by atoms with Gasteiger partial charge in [-0.15, -0.1) is 0 Å². The maximum absolute atomic E-state index is 13.0. The van der Waals surface area contributed by atoms with Crippen molar-refractivity contribution in [2.75, 3.05) is 32.4 Å². The predicted octanol–water partition coefficient (Wildman–Crippen LogP) is 1.60. The summed E-state index contributed by atoms with van der Waals surface area (Å²) in [6.07, 6.45) is 4.91. The molecule has 1 atom stereocenters. The molecule has 0 radical (unpaired) electrons. The standard InChI is InChI=1S/C17H24N2O3S/c1-23(21,22)19-11-5-10-18(12-13-19)17(20)16-9-4-7-14-6-2-3-8-15(14)16/h2-3,6,8,16H,4-5,7,9-13H2,1H3. The number of hydrogen-bond acceptors (Lipinski definition) is 3. The minimum Gasteiger partial charge on any atom is -0.341 e. The van der Waals surface area contributed by atoms with Crippen molar-refractivity contribution < 1.29 is 13.2 Å². The van der Waals surface area contributed by atoms with Crippen LogP contribution < -0.4 is 0 Å². The second kappa shape index (κ2) is 6.61. The van der Waals surface area contributed by atoms with E-state index in [0.717, 1.165) is 24.8 Å². The number of sulfonamides is 1. The van der Waals surface area contributed by atoms with Crippen molar-refractivity contribution in [2.24, 2.45) is 0 Å². The second-order valence-corrected chi connectivity index (χ2v) is 8.47. The van der Waals surface area contributed by atoms with Crippen LogP contribution >= 0.6 is 0 Å². The number of nitrogens with zero attached hydrogens (tertiary/aromatic N) is 2. The molecule has 126 valence electrons. The average Bonchev–Trinajstić information content (AvgIpc) is 2.79. The monoisotopic (exact) mass is 336 g/mol. The summed E-state index contributed by atoms with van der Waals surface area (Å²) in [4.78, 5) is 14.8. The Hall–Kier alpha value is -1.40. The molecule has 1 aliphatic heterocycles. The summed E-state index contributed by atoms with van der Waals surface area (Å²) in [5, 5.41) is 0. The number of aryl methyl sites for hydroxylation is 1. The van der Waals surface area contributed by atoms with Crippen molar-refractivity contribution in [3.8, 4) is 0 Å². The van der Waals surface area contributed by atoms with Gasteiger partial charge in [-0.2, -0.15) is 0 Å². The van der Waals surface area contributed by atoms with E-state index >= 15 is 0 Å². The van der Waals surface area contributed by atoms with E-state index in [4.69, 9.17) is 0 Å². The van der Waals surface area contributed by atoms with Crippen LogP contribution in [0.25, 0.3) is 0 Å². The van der Waals surface area contributed by atoms with Gasteiger partial charge in [0.05, 0.1) is 12.2 Å². The number of fused-ring (bicyclic) bond motifs is 1. The largest absolute Gasteiger partial charge is 0.341 e. The zero-order valence-electron chi connectivity index (χ0n) is 13.6. The first kappa shape index (κ1) is 16.5. The number of carbonyl (C=O) groups is 1. The van der Waals surface area contributed by atoms with Crippen molar-refractivity contribution in [1.29, 1.82) is 0 Å². The van der Waals surface area contributed by atoms with Crippen LogP contribution in [0.4, 0.5) is 0 Å². The molecule has 1 fully saturated rings. The Morgan fingerprint density at radius 3 is 2.65 bits per heavy atom. The molecular weight excluding hydrogens is 312 g/mol. The van der Waals surface area contributed by atoms with Crippen molar-refractivity contribution in [1.82, 2.24) is 9.21 Å². The van der Waals surface area contributed by atoms with Gasteiger partial charge in [0, 0.05) is 26.2 Å². The summed E-state index contributed by atoms with van der Waals surface area (Å²) in [6, 6.07) is 8.21. The number of amides is 1. The van der Waals surface area contributed by atoms with Gasteiger partial charge in [0.2, 0.25) is 15.9 Å². The van der Waals surface area contributed by atoms with Gasteiger partial charge < -0.3 is 4.90 Å². The van der Waals surface area contributed by atoms with E-state index in [0.29, 0.717) is 32.6 Å². The lowest BCUT2D eigenvalue weighted by atomic mass is 9.82. The SMILES string of the molecule is CS(=O)(=O)N1CCCN(C(=O)C2CCCc3ccccc32)CC1. The molecule has 1 amide bonds. The molecule has 1 aromatic rings. The third-order valence-electron chi connectivity index (χ3n) is 4.90. The molecule has 1 saturated heterocycles. The Labute approximate surface area is 138 Å². The summed E-state index contributed by atoms with van der Waals surface area (Å²) in [5.74, 6) is 0.0947. The Kier molecular flexibility index (Phi) is 4.73. The average molecular weight is 336 g/mol. The fraction of sp³-hybridized carbons (Fsp3) is 0.588. The van der Waals surface area contributed by atoms with E-state index in [-0.39, 0.29) is 11.8 Å². The van der Waals surface area contributed by atoms with E-state index in [9.17, 15) is 13.2 Å². The van der Waals surface area contributed by atoms with E-state index in [1.54, 1.807) is 0 Å². The normalized spacial score (nSPS) is 23.2. The Morgan fingerprint density at radius 2 is 1.87 bits per heavy atom. The first-order valence-corrected chi connectivity index (χ1v) is 10.1. The predicted molar refractivity (Wildman–Crippen MR) is 89.7 cm³/mol. The summed E-state index contributed by atoms with van der Waals surface area (Å²) >= 11 is 0. The minimum atomic E-state index is -3.18. The molecule has 1 heterocycles. The van der Waals surface area contributed by atoms with Crippen LogP contribution in [0.2, 0.25) is 0 Å². The van der Waals surface area contributed by atoms with Gasteiger partial charge in [-0.05, 0) is 36.8 Å². The lowest BCUT2D eigenvalue weighted by molar-refractivity contribution is -0.133. The van der Waals surface area contributed by atoms with Crippen LogP contribution in [0.15, 0.2) is 24.3 Å². The van der Waals surface area contributed by atoms with Crippen molar-refractivity contribution in [2.45, 2.75) is 31.6 Å². The topological polar surface area (TPSA) is 57.7 Å². The first-order chi connectivity index (χ1) is 11.0. The third kappa shape index (κ3) is 3.58. The Bertz CT molecular complexity index is 687. The highest BCUT2D eigenvalue weighted by Crippen LogP contribution is 2.33. The number of hydrogen-bond donors (Lipinski definition) is 0. The molecule has 23 heavy (non-hydrogen) atoms. The second-order valence-electron chi connectivity index (χ2n) is 6.48. The van der Waals surface area contributed by atoms with E-state index in [1.165, 1.54) is 16.1 Å². The molecule has 5 nitrogen and oxygen atoms in total. The quantitative estimate of drug-likeness (QED) is 0.824. The molecule has 0 spiro atoms. The van der Waals surface area contributed by atoms with Gasteiger partial charge in [-0.25, -0.2) is 12.7 Å². The van der Waals surface area contributed by atoms with Crippen molar-refractivity contribution >= 4 is 15.9 Å². The highest BCUT2D eigenvalue weighted by Gasteiger charge is 2.31. The first-order valence-electron chi connectivity index (χ1n) is 8.28. The molecule has 3 rings (SSSR count). The Balaban J connectivity index is 1.74. The maximum Gasteiger partial charge on any atom is 0.230 e. The number of carbonyl (C=O) groups excluding carboxylic acids is 1. The molecular formula is C17H24N2O3S. The fourth-order valence-electron chi connectivity index (χ4n) is 3.68. The van der Waals surface area contributed by atoms with Crippen LogP contribution in [-0.4, -0.2) is 56.0 Å². The summed E-state index contributed by atoms with van der Waals surface area (Å²) in [6.45, 7) is 2.04. The highest BCUT2D eigenvalue weighted by molar-refractivity contribution is 7.88. The molecule has 0 bridgehead atoms. The molecule has 1 aromatic carbocycles. The van der Waals surface area contributed by atoms with Crippen LogP contribution in [0.3, 0.4) is 0 Å². The van der Waals surface area contributed by atoms with Gasteiger partial charge in [0.25, 0.3) is 0 Å². The van der Waals surface area contributed by atoms with E-state index < -0.39 is 10.0 Å². The summed E-state index contributed by atoms with van der Waals surface area (Å²) < 4.78 is 24.9. The van der Waals surface area contributed by atoms with Crippen molar-refractivity contribution in [3.63, 3.8) is 0 Å². The number of benzene rings is 1. The molecule has 1 unspecified atom stereocenters. The van der Waals surface area contributed by atoms with Gasteiger partial charge in [-0.1, -0.05) is 24.3 Å². The van der Waals surface area contributed by atoms with E-state index in [1.807, 2.05) is 17.0 Å². The molecule has 0 aromatic heterocycles. The zero-order valence-corrected chi connectivity index (χ0v) is 14.4. The van der Waals surface area contributed by atoms with Gasteiger partial charge in [0.15, 0.2) is 0 Å². The molecule has 0 saturated carbocycles. The highest BCUT2D eigenvalue weighted by atomic mass is 32.2. The van der Waals surface area contributed by atoms with Crippen LogP contribution in [0, 0.1) is 0 Å². The summed E-state index contributed by atoms with van der Waals surface area (Å²) in [7, 11) is -3.18. The van der Waals surface area contributed by atoms with Crippen LogP contribution in [-0.2, 0) is 21.2 Å². The minimum absolute atomic E-state index is 0.0651. The van der Waals surface area contributed by atoms with Gasteiger partial charge >= 0.3 is 0 Å². The lowest BCUT2D eigenvalue weighted by Crippen LogP contribution is -2.39. The van der Waals surface area contributed by atoms with Gasteiger partial charge in [-0.3, -0.25) is 4.79 Å². The number of rotatable bonds is 2.